The summed E-state index contributed by atoms with van der Waals surface area (Å²) in [6.45, 7) is 3.89. The molecule has 1 aromatic carbocycles. The normalized spacial score (nSPS) is 16.5. The van der Waals surface area contributed by atoms with Gasteiger partial charge >= 0.3 is 0 Å². The highest BCUT2D eigenvalue weighted by Gasteiger charge is 2.24. The smallest absolute Gasteiger partial charge is 0.255 e. The molecule has 2 aromatic rings. The number of carbonyl (C=O) groups is 1. The van der Waals surface area contributed by atoms with Crippen LogP contribution in [0.4, 0.5) is 5.69 Å². The van der Waals surface area contributed by atoms with E-state index in [9.17, 15) is 4.79 Å². The zero-order valence-corrected chi connectivity index (χ0v) is 15.8. The molecule has 1 saturated heterocycles. The third kappa shape index (κ3) is 4.61. The minimum absolute atomic E-state index is 0.00434. The Labute approximate surface area is 155 Å². The number of hydrogen-bond acceptors (Lipinski definition) is 4. The van der Waals surface area contributed by atoms with Crippen LogP contribution in [-0.4, -0.2) is 49.1 Å². The van der Waals surface area contributed by atoms with Crippen LogP contribution in [0.2, 0.25) is 0 Å². The van der Waals surface area contributed by atoms with E-state index < -0.39 is 0 Å². The van der Waals surface area contributed by atoms with Gasteiger partial charge in [-0.25, -0.2) is 0 Å². The fourth-order valence-corrected chi connectivity index (χ4v) is 3.15. The lowest BCUT2D eigenvalue weighted by Gasteiger charge is -2.26. The second-order valence-corrected chi connectivity index (χ2v) is 7.07. The highest BCUT2D eigenvalue weighted by molar-refractivity contribution is 5.93. The molecule has 1 aliphatic rings. The molecule has 1 fully saturated rings. The number of nitrogens with zero attached hydrogens (tertiary/aromatic N) is 3. The third-order valence-corrected chi connectivity index (χ3v) is 4.72. The summed E-state index contributed by atoms with van der Waals surface area (Å²) in [5.74, 6) is 0.00434. The van der Waals surface area contributed by atoms with Crippen LogP contribution in [0.5, 0.6) is 0 Å². The van der Waals surface area contributed by atoms with Crippen molar-refractivity contribution in [2.75, 3.05) is 32.1 Å². The van der Waals surface area contributed by atoms with E-state index in [1.54, 1.807) is 6.20 Å². The lowest BCUT2D eigenvalue weighted by molar-refractivity contribution is 0.0507. The minimum atomic E-state index is 0.00434. The predicted octanol–water partition coefficient (Wildman–Crippen LogP) is 3.28. The Balaban J connectivity index is 1.77. The van der Waals surface area contributed by atoms with Gasteiger partial charge in [-0.05, 0) is 49.6 Å². The molecule has 3 rings (SSSR count). The van der Waals surface area contributed by atoms with Gasteiger partial charge in [-0.2, -0.15) is 0 Å². The highest BCUT2D eigenvalue weighted by atomic mass is 16.5. The SMILES string of the molecule is Cc1ccc(C(=O)N(Cc2ccc(N(C)C)cc2)C[C@H]2CCCO2)cn1. The van der Waals surface area contributed by atoms with Crippen molar-refractivity contribution in [3.8, 4) is 0 Å². The predicted molar refractivity (Wildman–Crippen MR) is 103 cm³/mol. The number of ether oxygens (including phenoxy) is 1. The van der Waals surface area contributed by atoms with Crippen LogP contribution in [0, 0.1) is 6.92 Å². The number of carbonyl (C=O) groups excluding carboxylic acids is 1. The molecule has 0 spiro atoms. The Morgan fingerprint density at radius 1 is 1.19 bits per heavy atom. The number of rotatable bonds is 6. The summed E-state index contributed by atoms with van der Waals surface area (Å²) in [5, 5.41) is 0. The topological polar surface area (TPSA) is 45.7 Å². The molecule has 1 aliphatic heterocycles. The van der Waals surface area contributed by atoms with Gasteiger partial charge in [-0.1, -0.05) is 12.1 Å². The Morgan fingerprint density at radius 3 is 2.54 bits per heavy atom. The number of benzene rings is 1. The van der Waals surface area contributed by atoms with Crippen LogP contribution in [0.3, 0.4) is 0 Å². The lowest BCUT2D eigenvalue weighted by Crippen LogP contribution is -2.37. The molecule has 0 N–H and O–H groups in total. The van der Waals surface area contributed by atoms with E-state index in [2.05, 4.69) is 34.1 Å². The average Bonchev–Trinajstić information content (AvgIpc) is 3.15. The highest BCUT2D eigenvalue weighted by Crippen LogP contribution is 2.19. The van der Waals surface area contributed by atoms with E-state index in [0.717, 1.165) is 36.4 Å². The Morgan fingerprint density at radius 2 is 1.96 bits per heavy atom. The van der Waals surface area contributed by atoms with Crippen molar-refractivity contribution in [1.82, 2.24) is 9.88 Å². The van der Waals surface area contributed by atoms with Gasteiger partial charge in [-0.3, -0.25) is 9.78 Å². The molecular weight excluding hydrogens is 326 g/mol. The second kappa shape index (κ2) is 8.32. The molecule has 1 amide bonds. The van der Waals surface area contributed by atoms with E-state index >= 15 is 0 Å². The molecule has 0 bridgehead atoms. The fourth-order valence-electron chi connectivity index (χ4n) is 3.15. The zero-order chi connectivity index (χ0) is 18.5. The number of hydrogen-bond donors (Lipinski definition) is 0. The summed E-state index contributed by atoms with van der Waals surface area (Å²) < 4.78 is 5.76. The molecule has 138 valence electrons. The van der Waals surface area contributed by atoms with Gasteiger partial charge in [0.15, 0.2) is 0 Å². The van der Waals surface area contributed by atoms with Crippen LogP contribution in [0.1, 0.15) is 34.5 Å². The van der Waals surface area contributed by atoms with Crippen LogP contribution < -0.4 is 4.90 Å². The van der Waals surface area contributed by atoms with E-state index in [-0.39, 0.29) is 12.0 Å². The molecule has 2 heterocycles. The van der Waals surface area contributed by atoms with Crippen LogP contribution in [0.15, 0.2) is 42.6 Å². The van der Waals surface area contributed by atoms with Gasteiger partial charge in [0.2, 0.25) is 0 Å². The molecule has 1 aromatic heterocycles. The number of pyridine rings is 1. The first-order chi connectivity index (χ1) is 12.5. The summed E-state index contributed by atoms with van der Waals surface area (Å²) in [6, 6.07) is 12.1. The largest absolute Gasteiger partial charge is 0.378 e. The van der Waals surface area contributed by atoms with Crippen molar-refractivity contribution in [2.45, 2.75) is 32.4 Å². The van der Waals surface area contributed by atoms with Crippen molar-refractivity contribution in [3.05, 3.63) is 59.4 Å². The molecule has 5 heteroatoms. The lowest BCUT2D eigenvalue weighted by atomic mass is 10.1. The molecule has 0 saturated carbocycles. The monoisotopic (exact) mass is 353 g/mol. The van der Waals surface area contributed by atoms with E-state index in [0.29, 0.717) is 18.7 Å². The van der Waals surface area contributed by atoms with Crippen molar-refractivity contribution in [1.29, 1.82) is 0 Å². The first-order valence-corrected chi connectivity index (χ1v) is 9.13. The number of anilines is 1. The Kier molecular flexibility index (Phi) is 5.89. The van der Waals surface area contributed by atoms with Crippen LogP contribution in [0.25, 0.3) is 0 Å². The fraction of sp³-hybridized carbons (Fsp3) is 0.429. The van der Waals surface area contributed by atoms with E-state index in [1.165, 1.54) is 0 Å². The Hall–Kier alpha value is -2.40. The standard InChI is InChI=1S/C21H27N3O2/c1-16-6-9-18(13-22-16)21(25)24(15-20-5-4-12-26-20)14-17-7-10-19(11-8-17)23(2)3/h6-11,13,20H,4-5,12,14-15H2,1-3H3/t20-/m1/s1. The van der Waals surface area contributed by atoms with E-state index in [4.69, 9.17) is 4.74 Å². The van der Waals surface area contributed by atoms with Gasteiger partial charge in [0, 0.05) is 51.4 Å². The molecule has 0 unspecified atom stereocenters. The van der Waals surface area contributed by atoms with Crippen molar-refractivity contribution < 1.29 is 9.53 Å². The summed E-state index contributed by atoms with van der Waals surface area (Å²) in [7, 11) is 4.04. The molecule has 0 aliphatic carbocycles. The number of aryl methyl sites for hydroxylation is 1. The van der Waals surface area contributed by atoms with Crippen molar-refractivity contribution in [3.63, 3.8) is 0 Å². The number of amides is 1. The van der Waals surface area contributed by atoms with Crippen molar-refractivity contribution in [2.24, 2.45) is 0 Å². The summed E-state index contributed by atoms with van der Waals surface area (Å²) in [5.41, 5.74) is 3.79. The second-order valence-electron chi connectivity index (χ2n) is 7.07. The maximum absolute atomic E-state index is 13.0. The number of aromatic nitrogens is 1. The van der Waals surface area contributed by atoms with Gasteiger partial charge in [0.05, 0.1) is 11.7 Å². The van der Waals surface area contributed by atoms with Crippen LogP contribution >= 0.6 is 0 Å². The maximum atomic E-state index is 13.0. The van der Waals surface area contributed by atoms with Gasteiger partial charge in [0.1, 0.15) is 0 Å². The first kappa shape index (κ1) is 18.4. The Bertz CT molecular complexity index is 720. The quantitative estimate of drug-likeness (QED) is 0.799. The molecule has 26 heavy (non-hydrogen) atoms. The first-order valence-electron chi connectivity index (χ1n) is 9.13. The summed E-state index contributed by atoms with van der Waals surface area (Å²) in [6.07, 6.45) is 3.86. The molecular formula is C21H27N3O2. The van der Waals surface area contributed by atoms with Crippen LogP contribution in [-0.2, 0) is 11.3 Å². The maximum Gasteiger partial charge on any atom is 0.255 e. The van der Waals surface area contributed by atoms with Crippen molar-refractivity contribution >= 4 is 11.6 Å². The minimum Gasteiger partial charge on any atom is -0.378 e. The van der Waals surface area contributed by atoms with Gasteiger partial charge in [0.25, 0.3) is 5.91 Å². The summed E-state index contributed by atoms with van der Waals surface area (Å²) in [4.78, 5) is 21.3. The van der Waals surface area contributed by atoms with Gasteiger partial charge < -0.3 is 14.5 Å². The summed E-state index contributed by atoms with van der Waals surface area (Å²) >= 11 is 0. The average molecular weight is 353 g/mol. The molecule has 5 nitrogen and oxygen atoms in total. The van der Waals surface area contributed by atoms with Gasteiger partial charge in [-0.15, -0.1) is 0 Å². The molecule has 1 atom stereocenters. The van der Waals surface area contributed by atoms with E-state index in [1.807, 2.05) is 38.1 Å². The third-order valence-electron chi connectivity index (χ3n) is 4.72. The zero-order valence-electron chi connectivity index (χ0n) is 15.8. The molecule has 0 radical (unpaired) electrons.